The monoisotopic (exact) mass is 583 g/mol. The van der Waals surface area contributed by atoms with Gasteiger partial charge in [0.2, 0.25) is 10.0 Å². The zero-order chi connectivity index (χ0) is 29.6. The lowest BCUT2D eigenvalue weighted by atomic mass is 10.1. The third-order valence-corrected chi connectivity index (χ3v) is 9.09. The van der Waals surface area contributed by atoms with Crippen molar-refractivity contribution in [3.05, 3.63) is 47.5 Å². The molecule has 1 heterocycles. The van der Waals surface area contributed by atoms with Crippen molar-refractivity contribution in [2.24, 2.45) is 17.6 Å². The van der Waals surface area contributed by atoms with E-state index < -0.39 is 44.9 Å². The second-order valence-electron chi connectivity index (χ2n) is 10.5. The predicted molar refractivity (Wildman–Crippen MR) is 150 cm³/mol. The van der Waals surface area contributed by atoms with Gasteiger partial charge in [0.05, 0.1) is 11.3 Å². The summed E-state index contributed by atoms with van der Waals surface area (Å²) in [7, 11) is -0.806. The number of hydrogen-bond acceptors (Lipinski definition) is 8. The number of hydrogen-bond donors (Lipinski definition) is 3. The molecule has 10 nitrogen and oxygen atoms in total. The molecule has 4 atom stereocenters. The molecule has 0 spiro atoms. The van der Waals surface area contributed by atoms with Gasteiger partial charge in [-0.05, 0) is 50.7 Å². The number of methoxy groups -OCH3 is 1. The second kappa shape index (κ2) is 13.6. The summed E-state index contributed by atoms with van der Waals surface area (Å²) in [5.74, 6) is -0.693. The molecule has 3 rings (SSSR count). The number of pyridine rings is 1. The van der Waals surface area contributed by atoms with Crippen molar-refractivity contribution in [1.29, 1.82) is 0 Å². The van der Waals surface area contributed by atoms with E-state index in [0.717, 1.165) is 28.9 Å². The molecule has 222 valence electrons. The van der Waals surface area contributed by atoms with E-state index in [4.69, 9.17) is 15.2 Å². The zero-order valence-corrected chi connectivity index (χ0v) is 24.3. The first kappa shape index (κ1) is 31.5. The molecule has 0 aliphatic heterocycles. The summed E-state index contributed by atoms with van der Waals surface area (Å²) in [4.78, 5) is 17.9. The lowest BCUT2D eigenvalue weighted by molar-refractivity contribution is 0.0902. The highest BCUT2D eigenvalue weighted by molar-refractivity contribution is 7.93. The Labute approximate surface area is 234 Å². The Bertz CT molecular complexity index is 1260. The molecule has 1 fully saturated rings. The first-order valence-corrected chi connectivity index (χ1v) is 14.7. The molecule has 0 bridgehead atoms. The second-order valence-corrected chi connectivity index (χ2v) is 13.0. The minimum Gasteiger partial charge on any atom is -0.491 e. The molecule has 1 aliphatic carbocycles. The van der Waals surface area contributed by atoms with Crippen molar-refractivity contribution in [2.45, 2.75) is 50.9 Å². The molecule has 13 heteroatoms. The molecule has 1 aliphatic rings. The number of anilines is 2. The minimum atomic E-state index is -3.71. The van der Waals surface area contributed by atoms with Gasteiger partial charge in [0.1, 0.15) is 35.6 Å². The van der Waals surface area contributed by atoms with E-state index >= 15 is 0 Å². The Morgan fingerprint density at radius 1 is 1.20 bits per heavy atom. The maximum atomic E-state index is 13.6. The van der Waals surface area contributed by atoms with E-state index in [1.54, 1.807) is 19.9 Å². The topological polar surface area (TPSA) is 136 Å². The summed E-state index contributed by atoms with van der Waals surface area (Å²) in [6.45, 7) is 6.04. The van der Waals surface area contributed by atoms with Crippen LogP contribution in [0.5, 0.6) is 5.75 Å². The fourth-order valence-corrected chi connectivity index (χ4v) is 5.03. The Balaban J connectivity index is 1.86. The van der Waals surface area contributed by atoms with Crippen molar-refractivity contribution in [1.82, 2.24) is 10.3 Å². The molecular formula is C27H39F2N5O5S. The van der Waals surface area contributed by atoms with E-state index in [-0.39, 0.29) is 23.7 Å². The van der Waals surface area contributed by atoms with E-state index in [1.165, 1.54) is 20.2 Å². The highest BCUT2D eigenvalue weighted by atomic mass is 32.2. The lowest BCUT2D eigenvalue weighted by Gasteiger charge is -2.26. The van der Waals surface area contributed by atoms with Crippen LogP contribution < -0.4 is 25.4 Å². The van der Waals surface area contributed by atoms with Crippen molar-refractivity contribution < 1.29 is 31.5 Å². The molecule has 40 heavy (non-hydrogen) atoms. The SMILES string of the molecule is COCCC(N)C(COc1cc(F)cc(F)c1)NC(=O)c1cc(NCC2CC2C)nc(N(C)S(=O)(=O)C(C)C)c1. The number of nitrogens with one attached hydrogen (secondary N) is 2. The number of rotatable bonds is 15. The zero-order valence-electron chi connectivity index (χ0n) is 23.5. The van der Waals surface area contributed by atoms with Gasteiger partial charge in [-0.1, -0.05) is 6.92 Å². The Hall–Kier alpha value is -3.03. The number of benzene rings is 1. The van der Waals surface area contributed by atoms with Gasteiger partial charge in [-0.25, -0.2) is 22.2 Å². The Kier molecular flexibility index (Phi) is 10.7. The number of carbonyl (C=O) groups is 1. The van der Waals surface area contributed by atoms with Gasteiger partial charge in [-0.15, -0.1) is 0 Å². The van der Waals surface area contributed by atoms with Gasteiger partial charge in [-0.3, -0.25) is 9.10 Å². The van der Waals surface area contributed by atoms with Gasteiger partial charge < -0.3 is 25.8 Å². The van der Waals surface area contributed by atoms with Gasteiger partial charge >= 0.3 is 0 Å². The summed E-state index contributed by atoms with van der Waals surface area (Å²) in [5, 5.41) is 5.34. The van der Waals surface area contributed by atoms with Crippen LogP contribution in [0.1, 0.15) is 44.0 Å². The van der Waals surface area contributed by atoms with Crippen molar-refractivity contribution >= 4 is 27.6 Å². The van der Waals surface area contributed by atoms with E-state index in [2.05, 4.69) is 22.5 Å². The highest BCUT2D eigenvalue weighted by Gasteiger charge is 2.32. The summed E-state index contributed by atoms with van der Waals surface area (Å²) in [6.07, 6.45) is 1.45. The third kappa shape index (κ3) is 8.48. The number of nitrogens with two attached hydrogens (primary N) is 1. The van der Waals surface area contributed by atoms with Crippen molar-refractivity contribution in [2.75, 3.05) is 43.5 Å². The molecule has 4 unspecified atom stereocenters. The van der Waals surface area contributed by atoms with Crippen LogP contribution in [0, 0.1) is 23.5 Å². The van der Waals surface area contributed by atoms with Crippen LogP contribution >= 0.6 is 0 Å². The van der Waals surface area contributed by atoms with Gasteiger partial charge in [0.15, 0.2) is 0 Å². The van der Waals surface area contributed by atoms with Gasteiger partial charge in [0, 0.05) is 57.1 Å². The summed E-state index contributed by atoms with van der Waals surface area (Å²) in [6, 6.07) is 4.32. The number of carbonyl (C=O) groups excluding carboxylic acids is 1. The van der Waals surface area contributed by atoms with Crippen LogP contribution in [-0.4, -0.2) is 70.6 Å². The lowest BCUT2D eigenvalue weighted by Crippen LogP contribution is -2.51. The summed E-state index contributed by atoms with van der Waals surface area (Å²) < 4.78 is 64.7. The van der Waals surface area contributed by atoms with Gasteiger partial charge in [-0.2, -0.15) is 0 Å². The van der Waals surface area contributed by atoms with Crippen molar-refractivity contribution in [3.63, 3.8) is 0 Å². The average molecular weight is 584 g/mol. The van der Waals surface area contributed by atoms with Crippen LogP contribution in [0.3, 0.4) is 0 Å². The molecule has 2 aromatic rings. The number of aromatic nitrogens is 1. The summed E-state index contributed by atoms with van der Waals surface area (Å²) in [5.41, 5.74) is 6.47. The number of nitrogens with zero attached hydrogens (tertiary/aromatic N) is 2. The molecule has 1 aromatic carbocycles. The van der Waals surface area contributed by atoms with Crippen molar-refractivity contribution in [3.8, 4) is 5.75 Å². The fraction of sp³-hybridized carbons (Fsp3) is 0.556. The maximum Gasteiger partial charge on any atom is 0.251 e. The average Bonchev–Trinajstić information content (AvgIpc) is 3.61. The number of sulfonamides is 1. The van der Waals surface area contributed by atoms with E-state index in [1.807, 2.05) is 0 Å². The molecule has 0 saturated heterocycles. The molecule has 4 N–H and O–H groups in total. The fourth-order valence-electron chi connectivity index (χ4n) is 4.04. The maximum absolute atomic E-state index is 13.6. The van der Waals surface area contributed by atoms with E-state index in [0.29, 0.717) is 37.2 Å². The van der Waals surface area contributed by atoms with Crippen LogP contribution in [0.15, 0.2) is 30.3 Å². The number of ether oxygens (including phenoxy) is 2. The number of amides is 1. The molecule has 0 radical (unpaired) electrons. The van der Waals surface area contributed by atoms with Crippen LogP contribution in [0.4, 0.5) is 20.4 Å². The first-order chi connectivity index (χ1) is 18.8. The predicted octanol–water partition coefficient (Wildman–Crippen LogP) is 3.14. The molecular weight excluding hydrogens is 544 g/mol. The quantitative estimate of drug-likeness (QED) is 0.291. The molecule has 1 aromatic heterocycles. The largest absolute Gasteiger partial charge is 0.491 e. The minimum absolute atomic E-state index is 0.0526. The Morgan fingerprint density at radius 3 is 2.42 bits per heavy atom. The summed E-state index contributed by atoms with van der Waals surface area (Å²) >= 11 is 0. The first-order valence-electron chi connectivity index (χ1n) is 13.2. The van der Waals surface area contributed by atoms with Gasteiger partial charge in [0.25, 0.3) is 5.91 Å². The molecule has 1 saturated carbocycles. The smallest absolute Gasteiger partial charge is 0.251 e. The highest BCUT2D eigenvalue weighted by Crippen LogP contribution is 2.37. The normalized spacial score (nSPS) is 18.2. The Morgan fingerprint density at radius 2 is 1.85 bits per heavy atom. The van der Waals surface area contributed by atoms with Crippen LogP contribution in [0.25, 0.3) is 0 Å². The van der Waals surface area contributed by atoms with Crippen LogP contribution in [0.2, 0.25) is 0 Å². The third-order valence-electron chi connectivity index (χ3n) is 6.95. The number of halogens is 2. The van der Waals surface area contributed by atoms with Crippen LogP contribution in [-0.2, 0) is 14.8 Å². The van der Waals surface area contributed by atoms with E-state index in [9.17, 15) is 22.0 Å². The molecule has 1 amide bonds. The standard InChI is InChI=1S/C27H39F2N5O5S/c1-16(2)40(36,37)34(4)26-10-18(9-25(33-26)31-14-19-8-17(19)3)27(35)32-24(23(30)6-7-38-5)15-39-22-12-20(28)11-21(29)13-22/h9-13,16-17,19,23-24H,6-8,14-15,30H2,1-5H3,(H,31,33)(H,32,35).